The van der Waals surface area contributed by atoms with Crippen LogP contribution in [-0.2, 0) is 20.7 Å². The molecule has 2 aromatic rings. The Balaban J connectivity index is 1.82. The first-order valence-corrected chi connectivity index (χ1v) is 9.97. The zero-order valence-corrected chi connectivity index (χ0v) is 18.6. The molecule has 0 unspecified atom stereocenters. The normalized spacial score (nSPS) is 12.3. The van der Waals surface area contributed by atoms with Crippen LogP contribution in [0.25, 0.3) is 0 Å². The number of nitrogens with zero attached hydrogens (tertiary/aromatic N) is 3. The first kappa shape index (κ1) is 22.6. The van der Waals surface area contributed by atoms with Gasteiger partial charge in [-0.1, -0.05) is 19.1 Å². The van der Waals surface area contributed by atoms with Crippen LogP contribution in [0, 0.1) is 18.3 Å². The lowest BCUT2D eigenvalue weighted by Gasteiger charge is -2.19. The summed E-state index contributed by atoms with van der Waals surface area (Å²) in [6.07, 6.45) is 0.474. The van der Waals surface area contributed by atoms with Crippen LogP contribution in [0.4, 0.5) is 11.4 Å². The van der Waals surface area contributed by atoms with Gasteiger partial charge in [0.05, 0.1) is 24.0 Å². The van der Waals surface area contributed by atoms with Gasteiger partial charge in [-0.25, -0.2) is 9.59 Å². The number of rotatable bonds is 6. The van der Waals surface area contributed by atoms with Crippen molar-refractivity contribution in [3.8, 4) is 6.07 Å². The maximum Gasteiger partial charge on any atom is 0.355 e. The number of para-hydroxylation sites is 2. The summed E-state index contributed by atoms with van der Waals surface area (Å²) in [7, 11) is 4.78. The second-order valence-corrected chi connectivity index (χ2v) is 7.24. The summed E-state index contributed by atoms with van der Waals surface area (Å²) in [6.45, 7) is 2.81. The van der Waals surface area contributed by atoms with Gasteiger partial charge < -0.3 is 24.3 Å². The zero-order chi connectivity index (χ0) is 23.6. The number of fused-ring (bicyclic) bond motifs is 1. The molecular formula is C23H24N4O5. The van der Waals surface area contributed by atoms with E-state index in [1.807, 2.05) is 37.3 Å². The molecule has 0 radical (unpaired) electrons. The number of H-pyrrole nitrogens is 1. The number of hydrogen-bond acceptors (Lipinski definition) is 8. The Morgan fingerprint density at radius 1 is 1.09 bits per heavy atom. The van der Waals surface area contributed by atoms with Gasteiger partial charge in [-0.15, -0.1) is 0 Å². The molecule has 1 aromatic carbocycles. The van der Waals surface area contributed by atoms with E-state index in [9.17, 15) is 19.6 Å². The number of nitriles is 1. The molecule has 0 spiro atoms. The van der Waals surface area contributed by atoms with Crippen molar-refractivity contribution in [3.05, 3.63) is 58.2 Å². The van der Waals surface area contributed by atoms with Crippen LogP contribution in [0.2, 0.25) is 0 Å². The van der Waals surface area contributed by atoms with E-state index in [-0.39, 0.29) is 16.8 Å². The number of esters is 2. The van der Waals surface area contributed by atoms with E-state index in [1.165, 1.54) is 7.11 Å². The Morgan fingerprint density at radius 3 is 2.19 bits per heavy atom. The highest BCUT2D eigenvalue weighted by Crippen LogP contribution is 2.40. The second kappa shape index (κ2) is 8.98. The largest absolute Gasteiger partial charge is 0.465 e. The van der Waals surface area contributed by atoms with Gasteiger partial charge >= 0.3 is 11.9 Å². The van der Waals surface area contributed by atoms with Crippen LogP contribution in [0.3, 0.4) is 0 Å². The number of aryl methyl sites for hydroxylation is 1. The Morgan fingerprint density at radius 2 is 1.69 bits per heavy atom. The highest BCUT2D eigenvalue weighted by atomic mass is 16.5. The number of carbonyl (C=O) groups excluding carboxylic acids is 3. The summed E-state index contributed by atoms with van der Waals surface area (Å²) in [5, 5.41) is 9.68. The van der Waals surface area contributed by atoms with E-state index in [0.717, 1.165) is 11.4 Å². The lowest BCUT2D eigenvalue weighted by Crippen LogP contribution is -2.28. The molecule has 0 bridgehead atoms. The first-order valence-electron chi connectivity index (χ1n) is 9.97. The summed E-state index contributed by atoms with van der Waals surface area (Å²) in [5.41, 5.74) is 2.87. The van der Waals surface area contributed by atoms with Crippen LogP contribution in [0.1, 0.15) is 39.0 Å². The minimum atomic E-state index is -0.792. The van der Waals surface area contributed by atoms with E-state index < -0.39 is 24.3 Å². The van der Waals surface area contributed by atoms with Gasteiger partial charge in [-0.3, -0.25) is 4.79 Å². The highest BCUT2D eigenvalue weighted by molar-refractivity contribution is 6.05. The monoisotopic (exact) mass is 436 g/mol. The molecular weight excluding hydrogens is 412 g/mol. The standard InChI is InChI=1S/C23H24N4O5/c1-6-15-19(22(29)31-5)13(2)20(25-15)23(30)32-12-18(28)14(11-24)21-26(3)16-9-7-8-10-17(16)27(21)4/h7-10,25H,6,12H2,1-5H3. The molecule has 0 saturated heterocycles. The third-order valence-corrected chi connectivity index (χ3v) is 5.46. The summed E-state index contributed by atoms with van der Waals surface area (Å²) in [4.78, 5) is 43.9. The van der Waals surface area contributed by atoms with Crippen LogP contribution >= 0.6 is 0 Å². The van der Waals surface area contributed by atoms with Crippen molar-refractivity contribution in [1.29, 1.82) is 5.26 Å². The first-order chi connectivity index (χ1) is 15.3. The lowest BCUT2D eigenvalue weighted by molar-refractivity contribution is -0.118. The zero-order valence-electron chi connectivity index (χ0n) is 18.6. The van der Waals surface area contributed by atoms with E-state index in [0.29, 0.717) is 23.5 Å². The van der Waals surface area contributed by atoms with Crippen LogP contribution in [-0.4, -0.2) is 50.5 Å². The highest BCUT2D eigenvalue weighted by Gasteiger charge is 2.32. The van der Waals surface area contributed by atoms with Crippen LogP contribution in [0.5, 0.6) is 0 Å². The molecule has 9 nitrogen and oxygen atoms in total. The minimum Gasteiger partial charge on any atom is -0.465 e. The van der Waals surface area contributed by atoms with E-state index in [1.54, 1.807) is 30.8 Å². The van der Waals surface area contributed by atoms with Gasteiger partial charge in [0, 0.05) is 19.8 Å². The quantitative estimate of drug-likeness (QED) is 0.417. The van der Waals surface area contributed by atoms with Crippen molar-refractivity contribution in [2.45, 2.75) is 20.3 Å². The molecule has 32 heavy (non-hydrogen) atoms. The third kappa shape index (κ3) is 3.71. The lowest BCUT2D eigenvalue weighted by atomic mass is 10.1. The van der Waals surface area contributed by atoms with Crippen molar-refractivity contribution in [2.75, 3.05) is 37.6 Å². The van der Waals surface area contributed by atoms with Gasteiger partial charge in [0.25, 0.3) is 0 Å². The summed E-state index contributed by atoms with van der Waals surface area (Å²) in [5.74, 6) is -1.57. The SMILES string of the molecule is CCc1[nH]c(C(=O)OCC(=O)C(C#N)=C2N(C)c3ccccc3N2C)c(C)c1C(=O)OC. The molecule has 9 heteroatoms. The number of anilines is 2. The molecule has 0 saturated carbocycles. The molecule has 2 heterocycles. The Kier molecular flexibility index (Phi) is 6.35. The Hall–Kier alpha value is -4.06. The molecule has 0 aliphatic carbocycles. The fourth-order valence-corrected chi connectivity index (χ4v) is 3.84. The second-order valence-electron chi connectivity index (χ2n) is 7.24. The summed E-state index contributed by atoms with van der Waals surface area (Å²) < 4.78 is 9.98. The predicted octanol–water partition coefficient (Wildman–Crippen LogP) is 2.72. The predicted molar refractivity (Wildman–Crippen MR) is 117 cm³/mol. The molecule has 1 N–H and O–H groups in total. The van der Waals surface area contributed by atoms with Crippen LogP contribution < -0.4 is 9.80 Å². The van der Waals surface area contributed by atoms with E-state index in [4.69, 9.17) is 9.47 Å². The fourth-order valence-electron chi connectivity index (χ4n) is 3.84. The summed E-state index contributed by atoms with van der Waals surface area (Å²) in [6, 6.07) is 9.45. The van der Waals surface area contributed by atoms with Gasteiger partial charge in [0.1, 0.15) is 23.2 Å². The van der Waals surface area contributed by atoms with Crippen molar-refractivity contribution >= 4 is 29.1 Å². The molecule has 166 valence electrons. The van der Waals surface area contributed by atoms with E-state index in [2.05, 4.69) is 4.98 Å². The molecule has 0 fully saturated rings. The molecule has 1 aliphatic heterocycles. The number of Topliss-reactive ketones (excluding diaryl/α,β-unsaturated/α-hetero) is 1. The van der Waals surface area contributed by atoms with Crippen molar-refractivity contribution in [3.63, 3.8) is 0 Å². The molecule has 3 rings (SSSR count). The summed E-state index contributed by atoms with van der Waals surface area (Å²) >= 11 is 0. The average molecular weight is 436 g/mol. The molecule has 0 atom stereocenters. The number of ketones is 1. The molecule has 1 aliphatic rings. The minimum absolute atomic E-state index is 0.0729. The number of aromatic amines is 1. The average Bonchev–Trinajstić information content (AvgIpc) is 3.27. The third-order valence-electron chi connectivity index (χ3n) is 5.46. The van der Waals surface area contributed by atoms with Gasteiger partial charge in [-0.2, -0.15) is 5.26 Å². The number of hydrogen-bond donors (Lipinski definition) is 1. The Labute approximate surface area is 185 Å². The topological polar surface area (TPSA) is 116 Å². The number of nitrogens with one attached hydrogen (secondary N) is 1. The number of methoxy groups -OCH3 is 1. The maximum absolute atomic E-state index is 12.8. The fraction of sp³-hybridized carbons (Fsp3) is 0.304. The number of ether oxygens (including phenoxy) is 2. The Bertz CT molecular complexity index is 1140. The van der Waals surface area contributed by atoms with Gasteiger partial charge in [0.2, 0.25) is 5.78 Å². The van der Waals surface area contributed by atoms with Gasteiger partial charge in [0.15, 0.2) is 6.61 Å². The number of carbonyl (C=O) groups is 3. The van der Waals surface area contributed by atoms with Crippen molar-refractivity contribution in [2.24, 2.45) is 0 Å². The van der Waals surface area contributed by atoms with Crippen molar-refractivity contribution < 1.29 is 23.9 Å². The van der Waals surface area contributed by atoms with Gasteiger partial charge in [-0.05, 0) is 31.0 Å². The number of benzene rings is 1. The van der Waals surface area contributed by atoms with Crippen LogP contribution in [0.15, 0.2) is 35.7 Å². The molecule has 0 amide bonds. The smallest absolute Gasteiger partial charge is 0.355 e. The molecule has 1 aromatic heterocycles. The maximum atomic E-state index is 12.8. The number of aromatic nitrogens is 1. The van der Waals surface area contributed by atoms with Crippen molar-refractivity contribution in [1.82, 2.24) is 4.98 Å². The van der Waals surface area contributed by atoms with E-state index >= 15 is 0 Å².